The van der Waals surface area contributed by atoms with Crippen LogP contribution in [-0.4, -0.2) is 12.0 Å². The van der Waals surface area contributed by atoms with E-state index < -0.39 is 0 Å². The monoisotopic (exact) mass is 266 g/mol. The minimum absolute atomic E-state index is 0.484. The van der Waals surface area contributed by atoms with Crippen LogP contribution in [0.5, 0.6) is 0 Å². The molecule has 2 rings (SSSR count). The average molecular weight is 266 g/mol. The molecule has 0 saturated carbocycles. The van der Waals surface area contributed by atoms with Gasteiger partial charge in [0.05, 0.1) is 11.7 Å². The van der Waals surface area contributed by atoms with Crippen molar-refractivity contribution in [3.8, 4) is 0 Å². The molecule has 18 heavy (non-hydrogen) atoms. The van der Waals surface area contributed by atoms with Crippen molar-refractivity contribution >= 4 is 11.3 Å². The molecule has 1 N–H and O–H groups in total. The van der Waals surface area contributed by atoms with Gasteiger partial charge in [-0.05, 0) is 39.2 Å². The smallest absolute Gasteiger partial charge is 0.110 e. The van der Waals surface area contributed by atoms with Gasteiger partial charge in [0.2, 0.25) is 0 Å². The van der Waals surface area contributed by atoms with Crippen LogP contribution in [0.4, 0.5) is 0 Å². The molecule has 1 aromatic rings. The molecule has 1 heterocycles. The highest BCUT2D eigenvalue weighted by Crippen LogP contribution is 2.31. The van der Waals surface area contributed by atoms with Crippen molar-refractivity contribution in [2.75, 3.05) is 7.05 Å². The Morgan fingerprint density at radius 3 is 2.78 bits per heavy atom. The average Bonchev–Trinajstić information content (AvgIpc) is 2.82. The van der Waals surface area contributed by atoms with Gasteiger partial charge < -0.3 is 5.32 Å². The number of nitrogens with zero attached hydrogens (tertiary/aromatic N) is 1. The molecule has 0 fully saturated rings. The summed E-state index contributed by atoms with van der Waals surface area (Å²) in [5, 5.41) is 4.79. The Labute approximate surface area is 115 Å². The second kappa shape index (κ2) is 7.25. The Morgan fingerprint density at radius 1 is 1.22 bits per heavy atom. The fourth-order valence-corrected chi connectivity index (χ4v) is 3.99. The maximum atomic E-state index is 4.88. The van der Waals surface area contributed by atoms with E-state index >= 15 is 0 Å². The van der Waals surface area contributed by atoms with E-state index in [1.165, 1.54) is 68.5 Å². The largest absolute Gasteiger partial charge is 0.311 e. The van der Waals surface area contributed by atoms with E-state index in [-0.39, 0.29) is 0 Å². The number of thiazole rings is 1. The Hall–Kier alpha value is -0.410. The van der Waals surface area contributed by atoms with Gasteiger partial charge in [0.1, 0.15) is 5.01 Å². The summed E-state index contributed by atoms with van der Waals surface area (Å²) in [4.78, 5) is 6.44. The van der Waals surface area contributed by atoms with Gasteiger partial charge in [-0.15, -0.1) is 11.3 Å². The molecule has 0 spiro atoms. The number of fused-ring (bicyclic) bond motifs is 1. The van der Waals surface area contributed by atoms with Gasteiger partial charge in [-0.3, -0.25) is 0 Å². The van der Waals surface area contributed by atoms with Crippen LogP contribution >= 0.6 is 11.3 Å². The molecule has 3 heteroatoms. The Kier molecular flexibility index (Phi) is 5.64. The summed E-state index contributed by atoms with van der Waals surface area (Å²) < 4.78 is 0. The first-order valence-corrected chi connectivity index (χ1v) is 8.32. The highest BCUT2D eigenvalue weighted by atomic mass is 32.1. The van der Waals surface area contributed by atoms with Gasteiger partial charge in [-0.25, -0.2) is 4.98 Å². The molecule has 1 unspecified atom stereocenters. The maximum Gasteiger partial charge on any atom is 0.110 e. The van der Waals surface area contributed by atoms with Crippen LogP contribution < -0.4 is 5.32 Å². The summed E-state index contributed by atoms with van der Waals surface area (Å²) in [6.07, 6.45) is 11.8. The quantitative estimate of drug-likeness (QED) is 0.746. The lowest BCUT2D eigenvalue weighted by molar-refractivity contribution is 0.502. The number of rotatable bonds is 7. The second-order valence-corrected chi connectivity index (χ2v) is 6.43. The van der Waals surface area contributed by atoms with Gasteiger partial charge >= 0.3 is 0 Å². The van der Waals surface area contributed by atoms with E-state index in [0.717, 1.165) is 0 Å². The Balaban J connectivity index is 1.92. The zero-order chi connectivity index (χ0) is 12.8. The third kappa shape index (κ3) is 3.55. The molecular formula is C15H26N2S. The summed E-state index contributed by atoms with van der Waals surface area (Å²) in [7, 11) is 2.07. The highest BCUT2D eigenvalue weighted by Gasteiger charge is 2.19. The van der Waals surface area contributed by atoms with Gasteiger partial charge in [-0.2, -0.15) is 0 Å². The SMILES string of the molecule is CCCCCCC(NC)c1nc2c(s1)CCCC2. The summed E-state index contributed by atoms with van der Waals surface area (Å²) >= 11 is 1.96. The highest BCUT2D eigenvalue weighted by molar-refractivity contribution is 7.11. The third-order valence-electron chi connectivity index (χ3n) is 3.86. The molecule has 0 aromatic carbocycles. The molecule has 1 aliphatic carbocycles. The van der Waals surface area contributed by atoms with Crippen molar-refractivity contribution in [2.45, 2.75) is 70.8 Å². The molecule has 102 valence electrons. The number of nitrogens with one attached hydrogen (secondary N) is 1. The Bertz CT molecular complexity index is 336. The summed E-state index contributed by atoms with van der Waals surface area (Å²) in [5.41, 5.74) is 1.40. The van der Waals surface area contributed by atoms with Crippen molar-refractivity contribution in [3.05, 3.63) is 15.6 Å². The molecule has 1 aliphatic rings. The van der Waals surface area contributed by atoms with E-state index in [1.807, 2.05) is 11.3 Å². The zero-order valence-electron chi connectivity index (χ0n) is 11.8. The van der Waals surface area contributed by atoms with Crippen LogP contribution in [0.2, 0.25) is 0 Å². The fourth-order valence-electron chi connectivity index (χ4n) is 2.69. The van der Waals surface area contributed by atoms with Crippen LogP contribution in [0.25, 0.3) is 0 Å². The zero-order valence-corrected chi connectivity index (χ0v) is 12.6. The lowest BCUT2D eigenvalue weighted by Crippen LogP contribution is -2.16. The van der Waals surface area contributed by atoms with E-state index in [2.05, 4.69) is 19.3 Å². The molecule has 0 radical (unpaired) electrons. The minimum Gasteiger partial charge on any atom is -0.311 e. The number of hydrogen-bond donors (Lipinski definition) is 1. The van der Waals surface area contributed by atoms with Gasteiger partial charge in [0, 0.05) is 4.88 Å². The standard InChI is InChI=1S/C15H26N2S/c1-3-4-5-6-10-13(16-2)15-17-12-9-7-8-11-14(12)18-15/h13,16H,3-11H2,1-2H3. The predicted molar refractivity (Wildman–Crippen MR) is 79.3 cm³/mol. The topological polar surface area (TPSA) is 24.9 Å². The lowest BCUT2D eigenvalue weighted by atomic mass is 10.0. The van der Waals surface area contributed by atoms with Crippen molar-refractivity contribution in [1.29, 1.82) is 0 Å². The van der Waals surface area contributed by atoms with Gasteiger partial charge in [0.25, 0.3) is 0 Å². The number of aryl methyl sites for hydroxylation is 2. The van der Waals surface area contributed by atoms with Gasteiger partial charge in [0.15, 0.2) is 0 Å². The van der Waals surface area contributed by atoms with E-state index in [9.17, 15) is 0 Å². The first-order valence-electron chi connectivity index (χ1n) is 7.51. The first-order chi connectivity index (χ1) is 8.85. The van der Waals surface area contributed by atoms with E-state index in [1.54, 1.807) is 4.88 Å². The van der Waals surface area contributed by atoms with Crippen LogP contribution in [0.15, 0.2) is 0 Å². The number of hydrogen-bond acceptors (Lipinski definition) is 3. The number of unbranched alkanes of at least 4 members (excludes halogenated alkanes) is 3. The lowest BCUT2D eigenvalue weighted by Gasteiger charge is -2.12. The normalized spacial score (nSPS) is 16.6. The van der Waals surface area contributed by atoms with E-state index in [0.29, 0.717) is 6.04 Å². The molecule has 0 bridgehead atoms. The molecule has 1 atom stereocenters. The molecule has 0 saturated heterocycles. The molecule has 2 nitrogen and oxygen atoms in total. The summed E-state index contributed by atoms with van der Waals surface area (Å²) in [6.45, 7) is 2.27. The second-order valence-electron chi connectivity index (χ2n) is 5.32. The summed E-state index contributed by atoms with van der Waals surface area (Å²) in [5.74, 6) is 0. The van der Waals surface area contributed by atoms with Crippen LogP contribution in [0.1, 0.15) is 73.5 Å². The van der Waals surface area contributed by atoms with Gasteiger partial charge in [-0.1, -0.05) is 32.6 Å². The third-order valence-corrected chi connectivity index (χ3v) is 5.13. The molecule has 1 aromatic heterocycles. The Morgan fingerprint density at radius 2 is 2.06 bits per heavy atom. The minimum atomic E-state index is 0.484. The van der Waals surface area contributed by atoms with Crippen molar-refractivity contribution in [3.63, 3.8) is 0 Å². The van der Waals surface area contributed by atoms with Crippen molar-refractivity contribution < 1.29 is 0 Å². The molecular weight excluding hydrogens is 240 g/mol. The molecule has 0 amide bonds. The van der Waals surface area contributed by atoms with Crippen LogP contribution in [0, 0.1) is 0 Å². The van der Waals surface area contributed by atoms with Crippen molar-refractivity contribution in [2.24, 2.45) is 0 Å². The van der Waals surface area contributed by atoms with Crippen LogP contribution in [0.3, 0.4) is 0 Å². The predicted octanol–water partition coefficient (Wildman–Crippen LogP) is 4.25. The maximum absolute atomic E-state index is 4.88. The van der Waals surface area contributed by atoms with Crippen molar-refractivity contribution in [1.82, 2.24) is 10.3 Å². The summed E-state index contributed by atoms with van der Waals surface area (Å²) in [6, 6.07) is 0.484. The molecule has 0 aliphatic heterocycles. The number of aromatic nitrogens is 1. The van der Waals surface area contributed by atoms with Crippen LogP contribution in [-0.2, 0) is 12.8 Å². The fraction of sp³-hybridized carbons (Fsp3) is 0.800. The first kappa shape index (κ1) is 14.0. The van der Waals surface area contributed by atoms with E-state index in [4.69, 9.17) is 4.98 Å².